The number of aromatic nitrogens is 2. The summed E-state index contributed by atoms with van der Waals surface area (Å²) in [5, 5.41) is 0.203. The van der Waals surface area contributed by atoms with Gasteiger partial charge < -0.3 is 0 Å². The van der Waals surface area contributed by atoms with E-state index in [0.717, 1.165) is 28.8 Å². The van der Waals surface area contributed by atoms with E-state index in [1.165, 1.54) is 10.6 Å². The van der Waals surface area contributed by atoms with E-state index in [-0.39, 0.29) is 16.5 Å². The number of alkyl halides is 3. The Morgan fingerprint density at radius 2 is 1.89 bits per heavy atom. The Morgan fingerprint density at radius 3 is 2.61 bits per heavy atom. The fourth-order valence-electron chi connectivity index (χ4n) is 3.46. The Hall–Kier alpha value is -3.15. The molecule has 4 rings (SSSR count). The molecule has 28 heavy (non-hydrogen) atoms. The Bertz CT molecular complexity index is 1170. The van der Waals surface area contributed by atoms with Crippen molar-refractivity contribution in [3.8, 4) is 0 Å². The van der Waals surface area contributed by atoms with Crippen molar-refractivity contribution < 1.29 is 13.2 Å². The van der Waals surface area contributed by atoms with E-state index in [9.17, 15) is 18.0 Å². The molecule has 0 radical (unpaired) electrons. The van der Waals surface area contributed by atoms with E-state index in [0.29, 0.717) is 18.8 Å². The first-order valence-electron chi connectivity index (χ1n) is 8.89. The van der Waals surface area contributed by atoms with Crippen molar-refractivity contribution in [3.63, 3.8) is 0 Å². The molecule has 0 fully saturated rings. The Balaban J connectivity index is 1.80. The lowest BCUT2D eigenvalue weighted by Gasteiger charge is -2.09. The minimum Gasteiger partial charge on any atom is -0.292 e. The van der Waals surface area contributed by atoms with Crippen LogP contribution >= 0.6 is 0 Å². The standard InChI is InChI=1S/C22H17F3N2O/c1-14(11-15-5-3-2-4-6-15)12-16-9-10-27-20(16)26-19-13-17(22(23,24)25)7-8-18(19)21(27)28/h2-8,11-13H,9-10H2,1H3/b14-11-,16-12+. The number of rotatable bonds is 2. The first-order valence-corrected chi connectivity index (χ1v) is 8.89. The normalized spacial score (nSPS) is 16.0. The largest absolute Gasteiger partial charge is 0.416 e. The van der Waals surface area contributed by atoms with Gasteiger partial charge in [-0.25, -0.2) is 4.98 Å². The van der Waals surface area contributed by atoms with Gasteiger partial charge in [0.1, 0.15) is 5.82 Å². The molecule has 6 heteroatoms. The Labute approximate surface area is 159 Å². The van der Waals surface area contributed by atoms with Gasteiger partial charge in [0, 0.05) is 6.54 Å². The molecule has 0 bridgehead atoms. The maximum atomic E-state index is 13.0. The third-order valence-electron chi connectivity index (χ3n) is 4.77. The molecule has 1 aliphatic rings. The summed E-state index contributed by atoms with van der Waals surface area (Å²) in [6.45, 7) is 2.42. The van der Waals surface area contributed by atoms with Crippen molar-refractivity contribution in [2.24, 2.45) is 0 Å². The van der Waals surface area contributed by atoms with E-state index >= 15 is 0 Å². The summed E-state index contributed by atoms with van der Waals surface area (Å²) in [6, 6.07) is 12.9. The Morgan fingerprint density at radius 1 is 1.14 bits per heavy atom. The molecule has 0 N–H and O–H groups in total. The molecule has 0 atom stereocenters. The topological polar surface area (TPSA) is 34.9 Å². The van der Waals surface area contributed by atoms with Gasteiger partial charge in [-0.2, -0.15) is 13.2 Å². The Kier molecular flexibility index (Phi) is 4.41. The van der Waals surface area contributed by atoms with Gasteiger partial charge in [0.2, 0.25) is 0 Å². The molecule has 3 nitrogen and oxygen atoms in total. The van der Waals surface area contributed by atoms with Gasteiger partial charge in [-0.15, -0.1) is 0 Å². The molecule has 3 aromatic rings. The lowest BCUT2D eigenvalue weighted by atomic mass is 10.1. The number of fused-ring (bicyclic) bond motifs is 2. The number of hydrogen-bond donors (Lipinski definition) is 0. The van der Waals surface area contributed by atoms with E-state index in [4.69, 9.17) is 0 Å². The van der Waals surface area contributed by atoms with Crippen LogP contribution in [-0.4, -0.2) is 9.55 Å². The molecular weight excluding hydrogens is 365 g/mol. The molecule has 0 amide bonds. The zero-order valence-electron chi connectivity index (χ0n) is 15.1. The van der Waals surface area contributed by atoms with Gasteiger partial charge >= 0.3 is 6.18 Å². The highest BCUT2D eigenvalue weighted by Crippen LogP contribution is 2.32. The summed E-state index contributed by atoms with van der Waals surface area (Å²) in [5.41, 5.74) is 1.84. The van der Waals surface area contributed by atoms with E-state index in [1.807, 2.05) is 49.4 Å². The van der Waals surface area contributed by atoms with Crippen LogP contribution < -0.4 is 5.56 Å². The van der Waals surface area contributed by atoms with E-state index < -0.39 is 11.7 Å². The second-order valence-corrected chi connectivity index (χ2v) is 6.84. The summed E-state index contributed by atoms with van der Waals surface area (Å²) >= 11 is 0. The summed E-state index contributed by atoms with van der Waals surface area (Å²) in [4.78, 5) is 17.1. The molecule has 0 spiro atoms. The van der Waals surface area contributed by atoms with Crippen LogP contribution in [0.2, 0.25) is 0 Å². The number of allylic oxidation sites excluding steroid dienone is 3. The molecule has 142 valence electrons. The number of benzene rings is 2. The van der Waals surface area contributed by atoms with Crippen LogP contribution in [0.1, 0.15) is 30.3 Å². The summed E-state index contributed by atoms with van der Waals surface area (Å²) in [7, 11) is 0. The van der Waals surface area contributed by atoms with Crippen LogP contribution in [0.25, 0.3) is 22.6 Å². The lowest BCUT2D eigenvalue weighted by molar-refractivity contribution is -0.137. The second kappa shape index (κ2) is 6.78. The van der Waals surface area contributed by atoms with Gasteiger partial charge in [-0.1, -0.05) is 48.1 Å². The van der Waals surface area contributed by atoms with Crippen LogP contribution in [0.5, 0.6) is 0 Å². The minimum absolute atomic E-state index is 0.0727. The van der Waals surface area contributed by atoms with Crippen LogP contribution in [0.3, 0.4) is 0 Å². The number of halogens is 3. The number of nitrogens with zero attached hydrogens (tertiary/aromatic N) is 2. The van der Waals surface area contributed by atoms with Crippen LogP contribution in [-0.2, 0) is 12.7 Å². The summed E-state index contributed by atoms with van der Waals surface area (Å²) in [5.74, 6) is 0.442. The number of hydrogen-bond acceptors (Lipinski definition) is 2. The molecule has 2 heterocycles. The fraction of sp³-hybridized carbons (Fsp3) is 0.182. The first kappa shape index (κ1) is 18.2. The SMILES string of the molecule is CC(=C/c1ccccc1)/C=C1\CCn2c1nc1cc(C(F)(F)F)ccc1c2=O. The van der Waals surface area contributed by atoms with Gasteiger partial charge in [0.05, 0.1) is 16.5 Å². The van der Waals surface area contributed by atoms with Crippen molar-refractivity contribution in [1.29, 1.82) is 0 Å². The van der Waals surface area contributed by atoms with E-state index in [2.05, 4.69) is 4.98 Å². The zero-order chi connectivity index (χ0) is 19.9. The molecule has 0 saturated heterocycles. The quantitative estimate of drug-likeness (QED) is 0.602. The van der Waals surface area contributed by atoms with Crippen molar-refractivity contribution in [2.45, 2.75) is 26.1 Å². The monoisotopic (exact) mass is 382 g/mol. The third-order valence-corrected chi connectivity index (χ3v) is 4.77. The minimum atomic E-state index is -4.47. The third kappa shape index (κ3) is 3.38. The highest BCUT2D eigenvalue weighted by Gasteiger charge is 2.31. The fourth-order valence-corrected chi connectivity index (χ4v) is 3.46. The zero-order valence-corrected chi connectivity index (χ0v) is 15.1. The maximum absolute atomic E-state index is 13.0. The van der Waals surface area contributed by atoms with Crippen molar-refractivity contribution in [1.82, 2.24) is 9.55 Å². The van der Waals surface area contributed by atoms with Gasteiger partial charge in [-0.3, -0.25) is 9.36 Å². The predicted octanol–water partition coefficient (Wildman–Crippen LogP) is 5.31. The van der Waals surface area contributed by atoms with Crippen molar-refractivity contribution >= 4 is 22.6 Å². The lowest BCUT2D eigenvalue weighted by Crippen LogP contribution is -2.21. The first-order chi connectivity index (χ1) is 13.3. The van der Waals surface area contributed by atoms with Crippen LogP contribution in [0, 0.1) is 0 Å². The van der Waals surface area contributed by atoms with Crippen molar-refractivity contribution in [2.75, 3.05) is 0 Å². The van der Waals surface area contributed by atoms with Gasteiger partial charge in [0.25, 0.3) is 5.56 Å². The highest BCUT2D eigenvalue weighted by atomic mass is 19.4. The summed E-state index contributed by atoms with van der Waals surface area (Å²) < 4.78 is 40.6. The summed E-state index contributed by atoms with van der Waals surface area (Å²) in [6.07, 6.45) is 0.0949. The molecular formula is C22H17F3N2O. The molecule has 0 saturated carbocycles. The molecule has 0 unspecified atom stereocenters. The van der Waals surface area contributed by atoms with Crippen LogP contribution in [0.15, 0.2) is 65.0 Å². The van der Waals surface area contributed by atoms with Crippen molar-refractivity contribution in [3.05, 3.63) is 87.5 Å². The maximum Gasteiger partial charge on any atom is 0.416 e. The second-order valence-electron chi connectivity index (χ2n) is 6.84. The van der Waals surface area contributed by atoms with Gasteiger partial charge in [-0.05, 0) is 42.7 Å². The molecule has 0 aliphatic carbocycles. The van der Waals surface area contributed by atoms with Gasteiger partial charge in [0.15, 0.2) is 0 Å². The molecule has 1 aromatic heterocycles. The van der Waals surface area contributed by atoms with E-state index in [1.54, 1.807) is 0 Å². The average Bonchev–Trinajstić information content (AvgIpc) is 3.04. The predicted molar refractivity (Wildman–Crippen MR) is 104 cm³/mol. The molecule has 1 aliphatic heterocycles. The molecule has 2 aromatic carbocycles. The van der Waals surface area contributed by atoms with Crippen LogP contribution in [0.4, 0.5) is 13.2 Å². The average molecular weight is 382 g/mol. The highest BCUT2D eigenvalue weighted by molar-refractivity contribution is 5.81. The smallest absolute Gasteiger partial charge is 0.292 e.